The molecule has 0 heterocycles. The van der Waals surface area contributed by atoms with E-state index in [9.17, 15) is 4.79 Å². The van der Waals surface area contributed by atoms with Gasteiger partial charge in [0.1, 0.15) is 0 Å². The molecule has 4 heteroatoms. The number of hydrogen-bond donors (Lipinski definition) is 1. The van der Waals surface area contributed by atoms with Gasteiger partial charge in [-0.2, -0.15) is 0 Å². The average Bonchev–Trinajstić information content (AvgIpc) is 2.56. The minimum atomic E-state index is -0.0232. The lowest BCUT2D eigenvalue weighted by molar-refractivity contribution is 0.0827. The molecule has 0 saturated heterocycles. The van der Waals surface area contributed by atoms with Crippen LogP contribution in [0.2, 0.25) is 5.02 Å². The maximum atomic E-state index is 11.9. The summed E-state index contributed by atoms with van der Waals surface area (Å²) < 4.78 is 0. The Kier molecular flexibility index (Phi) is 19.5. The van der Waals surface area contributed by atoms with Crippen LogP contribution in [0.5, 0.6) is 0 Å². The molecule has 25 heavy (non-hydrogen) atoms. The molecule has 0 aliphatic heterocycles. The van der Waals surface area contributed by atoms with Crippen molar-refractivity contribution >= 4 is 23.1 Å². The highest BCUT2D eigenvalue weighted by molar-refractivity contribution is 6.32. The largest absolute Gasteiger partial charge is 0.345 e. The van der Waals surface area contributed by atoms with E-state index in [2.05, 4.69) is 32.2 Å². The van der Waals surface area contributed by atoms with Crippen LogP contribution in [0.1, 0.15) is 63.4 Å². The van der Waals surface area contributed by atoms with E-state index in [1.54, 1.807) is 31.1 Å². The molecule has 0 saturated carbocycles. The molecule has 1 rings (SSSR count). The average molecular weight is 369 g/mol. The SMILES string of the molecule is C.C=CC.CC/C=C(\CCC)c1ccc(C(=O)N(C)C)cc1Cl.CN. The molecule has 0 aromatic heterocycles. The summed E-state index contributed by atoms with van der Waals surface area (Å²) in [5.41, 5.74) is 7.44. The second-order valence-electron chi connectivity index (χ2n) is 5.19. The lowest BCUT2D eigenvalue weighted by Gasteiger charge is -2.13. The summed E-state index contributed by atoms with van der Waals surface area (Å²) in [6.07, 6.45) is 7.04. The lowest BCUT2D eigenvalue weighted by Crippen LogP contribution is -2.21. The van der Waals surface area contributed by atoms with Gasteiger partial charge in [-0.05, 0) is 50.1 Å². The van der Waals surface area contributed by atoms with Gasteiger partial charge in [0, 0.05) is 24.7 Å². The van der Waals surface area contributed by atoms with Gasteiger partial charge in [0.2, 0.25) is 0 Å². The van der Waals surface area contributed by atoms with Crippen molar-refractivity contribution in [2.24, 2.45) is 5.73 Å². The van der Waals surface area contributed by atoms with Crippen LogP contribution in [0.4, 0.5) is 0 Å². The van der Waals surface area contributed by atoms with Crippen molar-refractivity contribution in [3.63, 3.8) is 0 Å². The van der Waals surface area contributed by atoms with Gasteiger partial charge in [0.25, 0.3) is 5.91 Å². The van der Waals surface area contributed by atoms with Crippen LogP contribution >= 0.6 is 11.6 Å². The molecule has 1 amide bonds. The van der Waals surface area contributed by atoms with Crippen molar-refractivity contribution in [3.05, 3.63) is 53.1 Å². The maximum Gasteiger partial charge on any atom is 0.253 e. The summed E-state index contributed by atoms with van der Waals surface area (Å²) in [4.78, 5) is 13.4. The summed E-state index contributed by atoms with van der Waals surface area (Å²) in [6, 6.07) is 5.57. The van der Waals surface area contributed by atoms with E-state index >= 15 is 0 Å². The number of halogens is 1. The quantitative estimate of drug-likeness (QED) is 0.644. The van der Waals surface area contributed by atoms with Crippen LogP contribution in [0, 0.1) is 0 Å². The van der Waals surface area contributed by atoms with E-state index in [0.717, 1.165) is 24.8 Å². The summed E-state index contributed by atoms with van der Waals surface area (Å²) in [7, 11) is 4.98. The number of allylic oxidation sites excluding steroid dienone is 3. The first-order valence-corrected chi connectivity index (χ1v) is 8.65. The predicted octanol–water partition coefficient (Wildman–Crippen LogP) is 6.04. The number of benzene rings is 1. The van der Waals surface area contributed by atoms with Gasteiger partial charge in [-0.3, -0.25) is 4.79 Å². The third-order valence-corrected chi connectivity index (χ3v) is 3.25. The maximum absolute atomic E-state index is 11.9. The zero-order valence-corrected chi connectivity index (χ0v) is 16.8. The first-order valence-electron chi connectivity index (χ1n) is 8.28. The summed E-state index contributed by atoms with van der Waals surface area (Å²) in [6.45, 7) is 9.52. The number of rotatable bonds is 5. The van der Waals surface area contributed by atoms with E-state index < -0.39 is 0 Å². The molecule has 0 atom stereocenters. The molecule has 0 fully saturated rings. The topological polar surface area (TPSA) is 46.3 Å². The number of hydrogen-bond acceptors (Lipinski definition) is 2. The lowest BCUT2D eigenvalue weighted by atomic mass is 9.99. The highest BCUT2D eigenvalue weighted by atomic mass is 35.5. The highest BCUT2D eigenvalue weighted by Gasteiger charge is 2.12. The molecule has 1 aromatic rings. The van der Waals surface area contributed by atoms with Crippen LogP contribution < -0.4 is 5.73 Å². The van der Waals surface area contributed by atoms with Crippen LogP contribution in [-0.4, -0.2) is 32.0 Å². The number of carbonyl (C=O) groups excluding carboxylic acids is 1. The minimum absolute atomic E-state index is 0. The van der Waals surface area contributed by atoms with Crippen molar-refractivity contribution in [3.8, 4) is 0 Å². The molecule has 0 spiro atoms. The van der Waals surface area contributed by atoms with E-state index in [4.69, 9.17) is 11.6 Å². The molecular weight excluding hydrogens is 332 g/mol. The Balaban J connectivity index is -0.000000726. The monoisotopic (exact) mass is 368 g/mol. The van der Waals surface area contributed by atoms with Gasteiger partial charge in [0.05, 0.1) is 0 Å². The van der Waals surface area contributed by atoms with E-state index in [0.29, 0.717) is 10.6 Å². The fourth-order valence-corrected chi connectivity index (χ4v) is 2.33. The zero-order valence-electron chi connectivity index (χ0n) is 16.0. The molecule has 0 radical (unpaired) electrons. The Morgan fingerprint density at radius 2 is 1.80 bits per heavy atom. The van der Waals surface area contributed by atoms with Crippen molar-refractivity contribution < 1.29 is 4.79 Å². The smallest absolute Gasteiger partial charge is 0.253 e. The summed E-state index contributed by atoms with van der Waals surface area (Å²) in [5.74, 6) is -0.0232. The minimum Gasteiger partial charge on any atom is -0.345 e. The van der Waals surface area contributed by atoms with Gasteiger partial charge in [-0.25, -0.2) is 0 Å². The third-order valence-electron chi connectivity index (χ3n) is 2.94. The van der Waals surface area contributed by atoms with Crippen molar-refractivity contribution in [2.75, 3.05) is 21.1 Å². The molecule has 144 valence electrons. The van der Waals surface area contributed by atoms with E-state index in [1.165, 1.54) is 12.6 Å². The molecule has 0 unspecified atom stereocenters. The van der Waals surface area contributed by atoms with E-state index in [1.807, 2.05) is 19.1 Å². The van der Waals surface area contributed by atoms with Crippen LogP contribution in [0.25, 0.3) is 5.57 Å². The van der Waals surface area contributed by atoms with Gasteiger partial charge in [-0.15, -0.1) is 6.58 Å². The fraction of sp³-hybridized carbons (Fsp3) is 0.476. The highest BCUT2D eigenvalue weighted by Crippen LogP contribution is 2.28. The molecule has 0 bridgehead atoms. The first kappa shape index (κ1) is 28.2. The van der Waals surface area contributed by atoms with Crippen LogP contribution in [0.3, 0.4) is 0 Å². The van der Waals surface area contributed by atoms with E-state index in [-0.39, 0.29) is 13.3 Å². The number of nitrogens with two attached hydrogens (primary N) is 1. The molecule has 0 aliphatic rings. The Morgan fingerprint density at radius 1 is 1.28 bits per heavy atom. The normalized spacial score (nSPS) is 9.52. The van der Waals surface area contributed by atoms with Crippen molar-refractivity contribution in [1.82, 2.24) is 4.90 Å². The number of nitrogens with zero attached hydrogens (tertiary/aromatic N) is 1. The standard InChI is InChI=1S/C16H22ClNO.C3H6.CH5N.CH4/c1-5-7-12(8-6-2)14-10-9-13(11-15(14)17)16(19)18(3)4;1-3-2;1-2;/h7,9-11H,5-6,8H2,1-4H3;3H,1H2,2H3;2H2,1H3;1H4/b12-7+;;;. The number of amides is 1. The molecule has 0 aliphatic carbocycles. The van der Waals surface area contributed by atoms with Gasteiger partial charge in [0.15, 0.2) is 0 Å². The second-order valence-corrected chi connectivity index (χ2v) is 5.60. The van der Waals surface area contributed by atoms with Gasteiger partial charge >= 0.3 is 0 Å². The summed E-state index contributed by atoms with van der Waals surface area (Å²) >= 11 is 6.33. The molecule has 3 nitrogen and oxygen atoms in total. The molecular formula is C21H37ClN2O. The third kappa shape index (κ3) is 10.8. The Hall–Kier alpha value is -1.58. The van der Waals surface area contributed by atoms with Crippen molar-refractivity contribution in [2.45, 2.75) is 47.5 Å². The first-order chi connectivity index (χ1) is 11.4. The molecule has 2 N–H and O–H groups in total. The van der Waals surface area contributed by atoms with Gasteiger partial charge < -0.3 is 10.6 Å². The Bertz CT molecular complexity index is 523. The summed E-state index contributed by atoms with van der Waals surface area (Å²) in [5, 5.41) is 0.654. The second kappa shape index (κ2) is 17.2. The van der Waals surface area contributed by atoms with Crippen LogP contribution in [-0.2, 0) is 0 Å². The van der Waals surface area contributed by atoms with Crippen molar-refractivity contribution in [1.29, 1.82) is 0 Å². The number of carbonyl (C=O) groups is 1. The van der Waals surface area contributed by atoms with Crippen LogP contribution in [0.15, 0.2) is 36.9 Å². The zero-order chi connectivity index (χ0) is 19.1. The Morgan fingerprint density at radius 3 is 2.16 bits per heavy atom. The Labute approximate surface area is 160 Å². The molecule has 1 aromatic carbocycles. The van der Waals surface area contributed by atoms with Gasteiger partial charge in [-0.1, -0.05) is 57.5 Å². The fourth-order valence-electron chi connectivity index (χ4n) is 2.03. The predicted molar refractivity (Wildman–Crippen MR) is 115 cm³/mol.